The minimum Gasteiger partial charge on any atom is -0.405 e. The Bertz CT molecular complexity index is 1190. The van der Waals surface area contributed by atoms with E-state index in [0.717, 1.165) is 29.7 Å². The fourth-order valence-electron chi connectivity index (χ4n) is 3.61. The first-order chi connectivity index (χ1) is 15.3. The van der Waals surface area contributed by atoms with Gasteiger partial charge in [-0.25, -0.2) is 4.98 Å². The molecule has 0 atom stereocenters. The van der Waals surface area contributed by atoms with E-state index in [1.54, 1.807) is 17.4 Å². The van der Waals surface area contributed by atoms with Crippen LogP contribution in [-0.4, -0.2) is 28.0 Å². The van der Waals surface area contributed by atoms with Gasteiger partial charge in [0.2, 0.25) is 5.91 Å². The second kappa shape index (κ2) is 9.53. The van der Waals surface area contributed by atoms with Crippen LogP contribution in [0, 0.1) is 0 Å². The summed E-state index contributed by atoms with van der Waals surface area (Å²) in [6, 6.07) is 5.68. The molecule has 0 aliphatic heterocycles. The zero-order valence-corrected chi connectivity index (χ0v) is 18.5. The molecule has 1 amide bonds. The van der Waals surface area contributed by atoms with Gasteiger partial charge in [0.25, 0.3) is 5.56 Å². The molecular formula is C21H20F3N3O3S2. The van der Waals surface area contributed by atoms with E-state index >= 15 is 0 Å². The fourth-order valence-corrected chi connectivity index (χ4v) is 5.69. The molecule has 0 saturated carbocycles. The quantitative estimate of drug-likeness (QED) is 0.467. The average Bonchev–Trinajstić information content (AvgIpc) is 3.30. The summed E-state index contributed by atoms with van der Waals surface area (Å²) in [5, 5.41) is 3.32. The maximum absolute atomic E-state index is 12.5. The number of benzene rings is 1. The third-order valence-electron chi connectivity index (χ3n) is 5.01. The highest BCUT2D eigenvalue weighted by molar-refractivity contribution is 7.98. The van der Waals surface area contributed by atoms with E-state index in [1.807, 2.05) is 0 Å². The third-order valence-corrected chi connectivity index (χ3v) is 7.17. The lowest BCUT2D eigenvalue weighted by molar-refractivity contribution is -0.274. The molecule has 0 fully saturated rings. The van der Waals surface area contributed by atoms with Crippen molar-refractivity contribution in [3.8, 4) is 5.75 Å². The van der Waals surface area contributed by atoms with Crippen LogP contribution in [-0.2, 0) is 29.9 Å². The van der Waals surface area contributed by atoms with Crippen LogP contribution in [0.2, 0.25) is 0 Å². The minimum absolute atomic E-state index is 0.0651. The Morgan fingerprint density at radius 2 is 2.09 bits per heavy atom. The van der Waals surface area contributed by atoms with Crippen LogP contribution in [0.4, 0.5) is 13.2 Å². The van der Waals surface area contributed by atoms with Crippen molar-refractivity contribution in [1.82, 2.24) is 15.3 Å². The minimum atomic E-state index is -4.79. The number of alkyl halides is 3. The van der Waals surface area contributed by atoms with Gasteiger partial charge in [-0.15, -0.1) is 24.5 Å². The Kier molecular flexibility index (Phi) is 6.75. The number of thiophene rings is 1. The Morgan fingerprint density at radius 1 is 1.28 bits per heavy atom. The standard InChI is InChI=1S/C21H20F3N3O3S2/c22-21(23,24)30-14-6-2-1-4-12(14)10-25-17(28)8-9-31-11-16-26-19(29)18-13-5-3-7-15(13)32-20(18)27-16/h1-2,4,6H,3,5,7-11H2,(H,25,28)(H,26,27,29). The average molecular weight is 484 g/mol. The molecule has 0 unspecified atom stereocenters. The molecule has 1 aliphatic carbocycles. The van der Waals surface area contributed by atoms with Crippen LogP contribution in [0.1, 0.15) is 34.7 Å². The maximum Gasteiger partial charge on any atom is 0.573 e. The number of nitrogens with one attached hydrogen (secondary N) is 2. The van der Waals surface area contributed by atoms with Crippen LogP contribution < -0.4 is 15.6 Å². The molecule has 170 valence electrons. The number of para-hydroxylation sites is 1. The van der Waals surface area contributed by atoms with Crippen LogP contribution in [0.15, 0.2) is 29.1 Å². The Balaban J connectivity index is 1.25. The number of carbonyl (C=O) groups is 1. The second-order valence-corrected chi connectivity index (χ2v) is 9.47. The van der Waals surface area contributed by atoms with Crippen molar-refractivity contribution in [3.05, 3.63) is 56.4 Å². The lowest BCUT2D eigenvalue weighted by Gasteiger charge is -2.13. The van der Waals surface area contributed by atoms with Crippen molar-refractivity contribution < 1.29 is 22.7 Å². The smallest absolute Gasteiger partial charge is 0.405 e. The van der Waals surface area contributed by atoms with Crippen molar-refractivity contribution in [2.75, 3.05) is 5.75 Å². The Hall–Kier alpha value is -2.53. The summed E-state index contributed by atoms with van der Waals surface area (Å²) in [5.74, 6) is 0.898. The molecule has 6 nitrogen and oxygen atoms in total. The summed E-state index contributed by atoms with van der Waals surface area (Å²) in [7, 11) is 0. The number of hydrogen-bond acceptors (Lipinski definition) is 6. The zero-order valence-electron chi connectivity index (χ0n) is 16.9. The third kappa shape index (κ3) is 5.44. The predicted octanol–water partition coefficient (Wildman–Crippen LogP) is 4.31. The number of fused-ring (bicyclic) bond motifs is 3. The Labute approximate surface area is 189 Å². The number of halogens is 3. The summed E-state index contributed by atoms with van der Waals surface area (Å²) in [6.45, 7) is -0.0651. The van der Waals surface area contributed by atoms with E-state index in [2.05, 4.69) is 20.0 Å². The van der Waals surface area contributed by atoms with Gasteiger partial charge >= 0.3 is 6.36 Å². The topological polar surface area (TPSA) is 84.1 Å². The zero-order chi connectivity index (χ0) is 22.7. The largest absolute Gasteiger partial charge is 0.573 e. The van der Waals surface area contributed by atoms with Gasteiger partial charge in [0, 0.05) is 29.2 Å². The van der Waals surface area contributed by atoms with Crippen molar-refractivity contribution >= 4 is 39.2 Å². The highest BCUT2D eigenvalue weighted by Gasteiger charge is 2.32. The molecule has 0 bridgehead atoms. The number of ether oxygens (including phenoxy) is 1. The van der Waals surface area contributed by atoms with Crippen molar-refractivity contribution in [3.63, 3.8) is 0 Å². The Morgan fingerprint density at radius 3 is 2.91 bits per heavy atom. The van der Waals surface area contributed by atoms with E-state index in [4.69, 9.17) is 0 Å². The maximum atomic E-state index is 12.5. The molecule has 0 saturated heterocycles. The summed E-state index contributed by atoms with van der Waals surface area (Å²) in [6.07, 6.45) is -1.60. The monoisotopic (exact) mass is 483 g/mol. The predicted molar refractivity (Wildman–Crippen MR) is 118 cm³/mol. The van der Waals surface area contributed by atoms with E-state index in [1.165, 1.54) is 34.8 Å². The van der Waals surface area contributed by atoms with E-state index in [0.29, 0.717) is 22.7 Å². The summed E-state index contributed by atoms with van der Waals surface area (Å²) < 4.78 is 41.4. The number of amides is 1. The molecule has 0 radical (unpaired) electrons. The number of thioether (sulfide) groups is 1. The van der Waals surface area contributed by atoms with Gasteiger partial charge < -0.3 is 15.0 Å². The molecule has 2 heterocycles. The SMILES string of the molecule is O=C(CCSCc1nc2sc3c(c2c(=O)[nH]1)CCC3)NCc1ccccc1OC(F)(F)F. The molecule has 1 aliphatic rings. The van der Waals surface area contributed by atoms with Crippen molar-refractivity contribution in [1.29, 1.82) is 0 Å². The molecule has 4 rings (SSSR count). The molecule has 2 N–H and O–H groups in total. The molecule has 32 heavy (non-hydrogen) atoms. The van der Waals surface area contributed by atoms with E-state index in [9.17, 15) is 22.8 Å². The first-order valence-corrected chi connectivity index (χ1v) is 12.0. The van der Waals surface area contributed by atoms with Crippen LogP contribution in [0.25, 0.3) is 10.2 Å². The first kappa shape index (κ1) is 22.7. The van der Waals surface area contributed by atoms with Gasteiger partial charge in [0.1, 0.15) is 16.4 Å². The van der Waals surface area contributed by atoms with E-state index < -0.39 is 6.36 Å². The second-order valence-electron chi connectivity index (χ2n) is 7.28. The number of aromatic amines is 1. The molecule has 11 heteroatoms. The van der Waals surface area contributed by atoms with Gasteiger partial charge in [-0.3, -0.25) is 9.59 Å². The fraction of sp³-hybridized carbons (Fsp3) is 0.381. The van der Waals surface area contributed by atoms with Crippen LogP contribution >= 0.6 is 23.1 Å². The van der Waals surface area contributed by atoms with Crippen molar-refractivity contribution in [2.45, 2.75) is 44.3 Å². The van der Waals surface area contributed by atoms with E-state index in [-0.39, 0.29) is 35.7 Å². The number of rotatable bonds is 8. The molecule has 1 aromatic carbocycles. The summed E-state index contributed by atoms with van der Waals surface area (Å²) in [5.41, 5.74) is 1.27. The highest BCUT2D eigenvalue weighted by atomic mass is 32.2. The summed E-state index contributed by atoms with van der Waals surface area (Å²) >= 11 is 3.04. The van der Waals surface area contributed by atoms with Gasteiger partial charge in [-0.1, -0.05) is 18.2 Å². The molecule has 3 aromatic rings. The van der Waals surface area contributed by atoms with Crippen LogP contribution in [0.3, 0.4) is 0 Å². The molecular weight excluding hydrogens is 463 g/mol. The molecule has 0 spiro atoms. The van der Waals surface area contributed by atoms with Crippen molar-refractivity contribution in [2.24, 2.45) is 0 Å². The van der Waals surface area contributed by atoms with Crippen LogP contribution in [0.5, 0.6) is 5.75 Å². The number of H-pyrrole nitrogens is 1. The number of hydrogen-bond donors (Lipinski definition) is 2. The first-order valence-electron chi connectivity index (χ1n) is 10.0. The molecule has 2 aromatic heterocycles. The number of aromatic nitrogens is 2. The lowest BCUT2D eigenvalue weighted by Crippen LogP contribution is -2.24. The number of carbonyl (C=O) groups excluding carboxylic acids is 1. The van der Waals surface area contributed by atoms with Gasteiger partial charge in [-0.05, 0) is 30.9 Å². The summed E-state index contributed by atoms with van der Waals surface area (Å²) in [4.78, 5) is 34.0. The number of aryl methyl sites for hydroxylation is 2. The van der Waals surface area contributed by atoms with Gasteiger partial charge in [0.15, 0.2) is 0 Å². The van der Waals surface area contributed by atoms with Gasteiger partial charge in [-0.2, -0.15) is 11.8 Å². The lowest BCUT2D eigenvalue weighted by atomic mass is 10.2. The number of nitrogens with zero attached hydrogens (tertiary/aromatic N) is 1. The normalized spacial score (nSPS) is 13.3. The van der Waals surface area contributed by atoms with Gasteiger partial charge in [0.05, 0.1) is 11.1 Å². The highest BCUT2D eigenvalue weighted by Crippen LogP contribution is 2.34.